The first-order chi connectivity index (χ1) is 38.4. The number of carbonyl (C=O) groups is 2. The lowest BCUT2D eigenvalue weighted by Gasteiger charge is -2.27. The average molecular weight is 1140 g/mol. The molecule has 0 spiro atoms. The van der Waals surface area contributed by atoms with Crippen LogP contribution in [-0.4, -0.2) is 74.3 Å². The summed E-state index contributed by atoms with van der Waals surface area (Å²) >= 11 is 0. The van der Waals surface area contributed by atoms with E-state index in [0.29, 0.717) is 23.9 Å². The summed E-state index contributed by atoms with van der Waals surface area (Å²) < 4.78 is 30.8. The zero-order valence-corrected chi connectivity index (χ0v) is 54.8. The molecule has 0 heterocycles. The number of esters is 1. The Morgan fingerprint density at radius 3 is 1.04 bits per heavy atom. The van der Waals surface area contributed by atoms with Gasteiger partial charge in [0, 0.05) is 12.8 Å². The lowest BCUT2D eigenvalue weighted by atomic mass is 10.0. The third-order valence-electron chi connectivity index (χ3n) is 16.2. The fourth-order valence-corrected chi connectivity index (χ4v) is 11.6. The minimum Gasteiger partial charge on any atom is -0.456 e. The van der Waals surface area contributed by atoms with Gasteiger partial charge in [-0.3, -0.25) is 18.6 Å². The number of carbonyl (C=O) groups excluding carboxylic acids is 2. The van der Waals surface area contributed by atoms with Crippen molar-refractivity contribution in [1.82, 2.24) is 5.32 Å². The van der Waals surface area contributed by atoms with E-state index in [1.807, 2.05) is 33.3 Å². The number of phosphoric acid groups is 1. The first-order valence-electron chi connectivity index (χ1n) is 35.0. The molecule has 0 aliphatic carbocycles. The molecule has 0 bridgehead atoms. The van der Waals surface area contributed by atoms with Crippen molar-refractivity contribution in [1.29, 1.82) is 0 Å². The smallest absolute Gasteiger partial charge is 0.456 e. The molecule has 0 radical (unpaired) electrons. The minimum absolute atomic E-state index is 0.0460. The van der Waals surface area contributed by atoms with E-state index in [0.717, 1.165) is 57.8 Å². The fourth-order valence-electron chi connectivity index (χ4n) is 10.8. The molecule has 0 aliphatic heterocycles. The molecule has 10 heteroatoms. The number of allylic oxidation sites excluding steroid dienone is 1. The monoisotopic (exact) mass is 1140 g/mol. The highest BCUT2D eigenvalue weighted by atomic mass is 31.2. The summed E-state index contributed by atoms with van der Waals surface area (Å²) in [5, 5.41) is 3.08. The molecular formula is C69H138N2O7P+. The molecular weight excluding hydrogens is 1000 g/mol. The summed E-state index contributed by atoms with van der Waals surface area (Å²) in [5.74, 6) is -0.478. The van der Waals surface area contributed by atoms with Crippen LogP contribution in [0.2, 0.25) is 0 Å². The van der Waals surface area contributed by atoms with E-state index in [1.54, 1.807) is 0 Å². The fraction of sp³-hybridized carbons (Fsp3) is 0.942. The van der Waals surface area contributed by atoms with E-state index in [1.165, 1.54) is 276 Å². The Kier molecular flexibility index (Phi) is 58.9. The normalized spacial score (nSPS) is 13.6. The van der Waals surface area contributed by atoms with Crippen LogP contribution < -0.4 is 5.32 Å². The van der Waals surface area contributed by atoms with Crippen LogP contribution in [0.4, 0.5) is 0 Å². The first-order valence-corrected chi connectivity index (χ1v) is 36.5. The molecule has 0 aromatic carbocycles. The predicted octanol–water partition coefficient (Wildman–Crippen LogP) is 21.9. The number of quaternary nitrogens is 1. The molecule has 0 fully saturated rings. The van der Waals surface area contributed by atoms with Crippen molar-refractivity contribution in [3.63, 3.8) is 0 Å². The van der Waals surface area contributed by atoms with Gasteiger partial charge in [-0.15, -0.1) is 0 Å². The van der Waals surface area contributed by atoms with Gasteiger partial charge in [-0.05, 0) is 31.8 Å². The van der Waals surface area contributed by atoms with Crippen LogP contribution in [-0.2, 0) is 27.9 Å². The molecule has 3 unspecified atom stereocenters. The van der Waals surface area contributed by atoms with Crippen molar-refractivity contribution in [3.05, 3.63) is 12.2 Å². The lowest BCUT2D eigenvalue weighted by molar-refractivity contribution is -0.870. The molecule has 0 saturated heterocycles. The van der Waals surface area contributed by atoms with Crippen molar-refractivity contribution >= 4 is 19.7 Å². The van der Waals surface area contributed by atoms with E-state index in [2.05, 4.69) is 26.1 Å². The van der Waals surface area contributed by atoms with E-state index in [-0.39, 0.29) is 25.1 Å². The zero-order valence-electron chi connectivity index (χ0n) is 53.9. The number of likely N-dealkylation sites (N-methyl/N-ethyl adjacent to an activating group) is 1. The Hall–Kier alpha value is -1.25. The van der Waals surface area contributed by atoms with Gasteiger partial charge in [0.2, 0.25) is 5.91 Å². The number of nitrogens with one attached hydrogen (secondary N) is 1. The number of amides is 1. The maximum absolute atomic E-state index is 13.6. The quantitative estimate of drug-likeness (QED) is 0.0205. The largest absolute Gasteiger partial charge is 0.472 e. The van der Waals surface area contributed by atoms with Crippen molar-refractivity contribution in [2.45, 2.75) is 380 Å². The number of ether oxygens (including phenoxy) is 1. The molecule has 2 N–H and O–H groups in total. The van der Waals surface area contributed by atoms with Crippen LogP contribution in [0.25, 0.3) is 0 Å². The molecule has 79 heavy (non-hydrogen) atoms. The third kappa shape index (κ3) is 61.1. The van der Waals surface area contributed by atoms with Crippen molar-refractivity contribution in [2.75, 3.05) is 40.9 Å². The van der Waals surface area contributed by atoms with Gasteiger partial charge >= 0.3 is 13.8 Å². The van der Waals surface area contributed by atoms with Gasteiger partial charge in [0.05, 0.1) is 33.8 Å². The minimum atomic E-state index is -4.44. The first kappa shape index (κ1) is 77.8. The van der Waals surface area contributed by atoms with Crippen LogP contribution in [0.5, 0.6) is 0 Å². The Morgan fingerprint density at radius 1 is 0.430 bits per heavy atom. The number of rotatable bonds is 65. The molecule has 0 aliphatic rings. The SMILES string of the molecule is CCCCCCCCCCC/C=C/C(OC(=O)CCCCCCCCCCCCCCCCCCCCCCC)C(COP(=O)(O)OCC[N+](C)(C)C)NC(=O)CCCCCCCCCCCCCCCCCCCCCCC. The second kappa shape index (κ2) is 59.9. The second-order valence-corrected chi connectivity index (χ2v) is 26.9. The summed E-state index contributed by atoms with van der Waals surface area (Å²) in [6, 6.07) is -0.840. The van der Waals surface area contributed by atoms with Gasteiger partial charge in [-0.1, -0.05) is 335 Å². The highest BCUT2D eigenvalue weighted by Gasteiger charge is 2.30. The molecule has 1 amide bonds. The number of hydrogen-bond acceptors (Lipinski definition) is 6. The summed E-state index contributed by atoms with van der Waals surface area (Å²) in [7, 11) is 1.52. The average Bonchev–Trinajstić information content (AvgIpc) is 3.41. The highest BCUT2D eigenvalue weighted by Crippen LogP contribution is 2.43. The van der Waals surface area contributed by atoms with Crippen LogP contribution in [0.1, 0.15) is 367 Å². The van der Waals surface area contributed by atoms with Gasteiger partial charge < -0.3 is 19.4 Å². The highest BCUT2D eigenvalue weighted by molar-refractivity contribution is 7.47. The van der Waals surface area contributed by atoms with E-state index in [4.69, 9.17) is 13.8 Å². The van der Waals surface area contributed by atoms with Gasteiger partial charge in [0.15, 0.2) is 0 Å². The Morgan fingerprint density at radius 2 is 0.722 bits per heavy atom. The van der Waals surface area contributed by atoms with Gasteiger partial charge in [-0.25, -0.2) is 4.57 Å². The predicted molar refractivity (Wildman–Crippen MR) is 342 cm³/mol. The maximum Gasteiger partial charge on any atom is 0.472 e. The molecule has 0 aromatic heterocycles. The van der Waals surface area contributed by atoms with E-state index < -0.39 is 20.0 Å². The molecule has 0 aromatic rings. The third-order valence-corrected chi connectivity index (χ3v) is 17.2. The summed E-state index contributed by atoms with van der Waals surface area (Å²) in [6.45, 7) is 7.09. The van der Waals surface area contributed by atoms with Gasteiger partial charge in [0.1, 0.15) is 19.3 Å². The zero-order chi connectivity index (χ0) is 57.9. The maximum atomic E-state index is 13.6. The van der Waals surface area contributed by atoms with Crippen LogP contribution in [0, 0.1) is 0 Å². The standard InChI is InChI=1S/C69H137N2O7P/c1-7-10-13-16-19-22-25-27-29-31-33-35-37-39-41-43-46-49-52-55-58-61-68(72)70-66(65-77-79(74,75)76-64-63-71(4,5)6)67(60-57-54-51-48-45-24-21-18-15-12-9-3)78-69(73)62-59-56-53-50-47-44-42-40-38-36-34-32-30-28-26-23-20-17-14-11-8-2/h57,60,66-67H,7-56,58-59,61-65H2,1-6H3,(H-,70,72,74,75)/p+1/b60-57+. The summed E-state index contributed by atoms with van der Waals surface area (Å²) in [4.78, 5) is 37.8. The van der Waals surface area contributed by atoms with Crippen LogP contribution in [0.15, 0.2) is 12.2 Å². The number of unbranched alkanes of at least 4 members (excludes halogenated alkanes) is 49. The number of hydrogen-bond donors (Lipinski definition) is 2. The van der Waals surface area contributed by atoms with Crippen LogP contribution >= 0.6 is 7.82 Å². The van der Waals surface area contributed by atoms with E-state index >= 15 is 0 Å². The molecule has 0 rings (SSSR count). The molecule has 470 valence electrons. The Labute approximate surface area is 492 Å². The van der Waals surface area contributed by atoms with E-state index in [9.17, 15) is 19.0 Å². The van der Waals surface area contributed by atoms with Crippen LogP contribution in [0.3, 0.4) is 0 Å². The van der Waals surface area contributed by atoms with Gasteiger partial charge in [0.25, 0.3) is 0 Å². The van der Waals surface area contributed by atoms with Gasteiger partial charge in [-0.2, -0.15) is 0 Å². The molecule has 9 nitrogen and oxygen atoms in total. The summed E-state index contributed by atoms with van der Waals surface area (Å²) in [5.41, 5.74) is 0. The number of nitrogens with zero attached hydrogens (tertiary/aromatic N) is 1. The second-order valence-electron chi connectivity index (χ2n) is 25.4. The Bertz CT molecular complexity index is 1360. The molecule has 0 saturated carbocycles. The van der Waals surface area contributed by atoms with Crippen molar-refractivity contribution in [2.24, 2.45) is 0 Å². The topological polar surface area (TPSA) is 111 Å². The van der Waals surface area contributed by atoms with Crippen molar-refractivity contribution < 1.29 is 37.3 Å². The lowest BCUT2D eigenvalue weighted by Crippen LogP contribution is -2.47. The summed E-state index contributed by atoms with van der Waals surface area (Å²) in [6.07, 6.45) is 70.8. The Balaban J connectivity index is 5.01. The van der Waals surface area contributed by atoms with Crippen molar-refractivity contribution in [3.8, 4) is 0 Å². The number of phosphoric ester groups is 1. The molecule has 3 atom stereocenters.